The predicted octanol–water partition coefficient (Wildman–Crippen LogP) is 2.21. The minimum absolute atomic E-state index is 0.0560. The first kappa shape index (κ1) is 15.0. The summed E-state index contributed by atoms with van der Waals surface area (Å²) in [7, 11) is -3.83. The number of hydrogen-bond donors (Lipinski definition) is 1. The summed E-state index contributed by atoms with van der Waals surface area (Å²) in [5.41, 5.74) is 7.90. The van der Waals surface area contributed by atoms with Crippen LogP contribution < -0.4 is 10.0 Å². The first-order chi connectivity index (χ1) is 10.4. The van der Waals surface area contributed by atoms with Gasteiger partial charge in [0.15, 0.2) is 0 Å². The topological polar surface area (TPSA) is 63.4 Å². The van der Waals surface area contributed by atoms with Crippen LogP contribution in [0.2, 0.25) is 0 Å². The lowest BCUT2D eigenvalue weighted by Gasteiger charge is -2.33. The Bertz CT molecular complexity index is 821. The molecule has 0 aliphatic carbocycles. The molecule has 0 fully saturated rings. The SMILES string of the molecule is Cc1ccc(S(=O)(=O)N2CC(N)Cc3ccccc32)cc1F. The van der Waals surface area contributed by atoms with Gasteiger partial charge in [0.05, 0.1) is 10.6 Å². The highest BCUT2D eigenvalue weighted by Crippen LogP contribution is 2.31. The van der Waals surface area contributed by atoms with Gasteiger partial charge in [-0.25, -0.2) is 12.8 Å². The number of benzene rings is 2. The lowest BCUT2D eigenvalue weighted by atomic mass is 10.0. The van der Waals surface area contributed by atoms with Crippen molar-refractivity contribution in [1.29, 1.82) is 0 Å². The fraction of sp³-hybridized carbons (Fsp3) is 0.250. The van der Waals surface area contributed by atoms with Crippen LogP contribution in [0.1, 0.15) is 11.1 Å². The van der Waals surface area contributed by atoms with Crippen LogP contribution in [0.4, 0.5) is 10.1 Å². The van der Waals surface area contributed by atoms with E-state index in [0.717, 1.165) is 11.6 Å². The molecule has 1 atom stereocenters. The van der Waals surface area contributed by atoms with E-state index in [1.165, 1.54) is 16.4 Å². The zero-order valence-electron chi connectivity index (χ0n) is 12.2. The normalized spacial score (nSPS) is 18.1. The minimum Gasteiger partial charge on any atom is -0.326 e. The smallest absolute Gasteiger partial charge is 0.264 e. The Morgan fingerprint density at radius 1 is 1.23 bits per heavy atom. The van der Waals surface area contributed by atoms with Crippen molar-refractivity contribution in [3.8, 4) is 0 Å². The largest absolute Gasteiger partial charge is 0.326 e. The van der Waals surface area contributed by atoms with E-state index in [1.807, 2.05) is 12.1 Å². The van der Waals surface area contributed by atoms with Crippen LogP contribution in [-0.2, 0) is 16.4 Å². The number of para-hydroxylation sites is 1. The van der Waals surface area contributed by atoms with Gasteiger partial charge in [0, 0.05) is 12.6 Å². The van der Waals surface area contributed by atoms with E-state index in [-0.39, 0.29) is 17.5 Å². The summed E-state index contributed by atoms with van der Waals surface area (Å²) in [6, 6.07) is 10.9. The Labute approximate surface area is 129 Å². The molecular weight excluding hydrogens is 303 g/mol. The van der Waals surface area contributed by atoms with Gasteiger partial charge in [-0.15, -0.1) is 0 Å². The van der Waals surface area contributed by atoms with Crippen LogP contribution in [0.25, 0.3) is 0 Å². The molecule has 0 spiro atoms. The summed E-state index contributed by atoms with van der Waals surface area (Å²) in [6.07, 6.45) is 0.629. The number of nitrogens with zero attached hydrogens (tertiary/aromatic N) is 1. The predicted molar refractivity (Wildman–Crippen MR) is 83.8 cm³/mol. The van der Waals surface area contributed by atoms with Gasteiger partial charge in [0.25, 0.3) is 10.0 Å². The van der Waals surface area contributed by atoms with E-state index in [4.69, 9.17) is 5.73 Å². The molecule has 22 heavy (non-hydrogen) atoms. The van der Waals surface area contributed by atoms with E-state index in [2.05, 4.69) is 0 Å². The summed E-state index contributed by atoms with van der Waals surface area (Å²) in [6.45, 7) is 1.78. The maximum absolute atomic E-state index is 13.7. The van der Waals surface area contributed by atoms with Crippen LogP contribution in [0.15, 0.2) is 47.4 Å². The van der Waals surface area contributed by atoms with Crippen molar-refractivity contribution in [1.82, 2.24) is 0 Å². The average molecular weight is 320 g/mol. The molecule has 0 amide bonds. The van der Waals surface area contributed by atoms with Gasteiger partial charge >= 0.3 is 0 Å². The van der Waals surface area contributed by atoms with Gasteiger partial charge in [-0.05, 0) is 42.7 Å². The van der Waals surface area contributed by atoms with E-state index in [0.29, 0.717) is 17.7 Å². The molecule has 1 aliphatic rings. The number of rotatable bonds is 2. The Balaban J connectivity index is 2.11. The Kier molecular flexibility index (Phi) is 3.66. The molecule has 2 aromatic carbocycles. The summed E-state index contributed by atoms with van der Waals surface area (Å²) in [4.78, 5) is -0.0560. The average Bonchev–Trinajstić information content (AvgIpc) is 2.49. The van der Waals surface area contributed by atoms with Crippen LogP contribution in [0.5, 0.6) is 0 Å². The molecule has 116 valence electrons. The van der Waals surface area contributed by atoms with Crippen molar-refractivity contribution in [2.24, 2.45) is 5.73 Å². The van der Waals surface area contributed by atoms with E-state index < -0.39 is 15.8 Å². The van der Waals surface area contributed by atoms with E-state index >= 15 is 0 Å². The quantitative estimate of drug-likeness (QED) is 0.923. The van der Waals surface area contributed by atoms with Crippen LogP contribution in [0, 0.1) is 12.7 Å². The third kappa shape index (κ3) is 2.48. The highest BCUT2D eigenvalue weighted by atomic mass is 32.2. The minimum atomic E-state index is -3.83. The third-order valence-corrected chi connectivity index (χ3v) is 5.65. The van der Waals surface area contributed by atoms with Crippen LogP contribution >= 0.6 is 0 Å². The lowest BCUT2D eigenvalue weighted by molar-refractivity contribution is 0.571. The molecule has 0 saturated carbocycles. The lowest BCUT2D eigenvalue weighted by Crippen LogP contribution is -2.46. The third-order valence-electron chi connectivity index (χ3n) is 3.87. The fourth-order valence-corrected chi connectivity index (χ4v) is 4.25. The molecule has 2 aromatic rings. The highest BCUT2D eigenvalue weighted by Gasteiger charge is 2.32. The first-order valence-corrected chi connectivity index (χ1v) is 8.46. The molecule has 6 heteroatoms. The number of halogens is 1. The Morgan fingerprint density at radius 3 is 2.68 bits per heavy atom. The molecule has 0 radical (unpaired) electrons. The second-order valence-electron chi connectivity index (χ2n) is 5.54. The maximum Gasteiger partial charge on any atom is 0.264 e. The fourth-order valence-electron chi connectivity index (χ4n) is 2.67. The van der Waals surface area contributed by atoms with Crippen molar-refractivity contribution in [2.45, 2.75) is 24.3 Å². The van der Waals surface area contributed by atoms with Gasteiger partial charge in [-0.3, -0.25) is 4.31 Å². The van der Waals surface area contributed by atoms with E-state index in [1.54, 1.807) is 19.1 Å². The monoisotopic (exact) mass is 320 g/mol. The molecule has 0 aromatic heterocycles. The van der Waals surface area contributed by atoms with Crippen molar-refractivity contribution < 1.29 is 12.8 Å². The number of nitrogens with two attached hydrogens (primary N) is 1. The molecule has 1 unspecified atom stereocenters. The van der Waals surface area contributed by atoms with Gasteiger partial charge in [0.1, 0.15) is 5.82 Å². The van der Waals surface area contributed by atoms with Crippen molar-refractivity contribution in [3.05, 3.63) is 59.4 Å². The molecular formula is C16H17FN2O2S. The zero-order chi connectivity index (χ0) is 15.9. The number of fused-ring (bicyclic) bond motifs is 1. The number of sulfonamides is 1. The van der Waals surface area contributed by atoms with Gasteiger partial charge in [-0.1, -0.05) is 24.3 Å². The molecule has 0 saturated heterocycles. The molecule has 0 bridgehead atoms. The van der Waals surface area contributed by atoms with Crippen molar-refractivity contribution >= 4 is 15.7 Å². The molecule has 4 nitrogen and oxygen atoms in total. The second kappa shape index (κ2) is 5.37. The van der Waals surface area contributed by atoms with Crippen molar-refractivity contribution in [3.63, 3.8) is 0 Å². The summed E-state index contributed by atoms with van der Waals surface area (Å²) < 4.78 is 40.7. The van der Waals surface area contributed by atoms with Crippen LogP contribution in [-0.4, -0.2) is 21.0 Å². The van der Waals surface area contributed by atoms with Crippen LogP contribution in [0.3, 0.4) is 0 Å². The highest BCUT2D eigenvalue weighted by molar-refractivity contribution is 7.92. The van der Waals surface area contributed by atoms with Crippen molar-refractivity contribution in [2.75, 3.05) is 10.8 Å². The number of aryl methyl sites for hydroxylation is 1. The first-order valence-electron chi connectivity index (χ1n) is 7.02. The maximum atomic E-state index is 13.7. The standard InChI is InChI=1S/C16H17FN2O2S/c1-11-6-7-14(9-15(11)17)22(20,21)19-10-13(18)8-12-4-2-3-5-16(12)19/h2-7,9,13H,8,10,18H2,1H3. The zero-order valence-corrected chi connectivity index (χ0v) is 13.0. The summed E-state index contributed by atoms with van der Waals surface area (Å²) in [5.74, 6) is -0.532. The van der Waals surface area contributed by atoms with Gasteiger partial charge in [0.2, 0.25) is 0 Å². The number of hydrogen-bond acceptors (Lipinski definition) is 3. The summed E-state index contributed by atoms with van der Waals surface area (Å²) in [5, 5.41) is 0. The Hall–Kier alpha value is -1.92. The Morgan fingerprint density at radius 2 is 1.95 bits per heavy atom. The summed E-state index contributed by atoms with van der Waals surface area (Å²) >= 11 is 0. The van der Waals surface area contributed by atoms with Gasteiger partial charge < -0.3 is 5.73 Å². The van der Waals surface area contributed by atoms with E-state index in [9.17, 15) is 12.8 Å². The number of anilines is 1. The molecule has 1 heterocycles. The van der Waals surface area contributed by atoms with Gasteiger partial charge in [-0.2, -0.15) is 0 Å². The second-order valence-corrected chi connectivity index (χ2v) is 7.40. The molecule has 2 N–H and O–H groups in total. The molecule has 3 rings (SSSR count). The molecule has 1 aliphatic heterocycles.